The summed E-state index contributed by atoms with van der Waals surface area (Å²) in [6.45, 7) is 5.17. The van der Waals surface area contributed by atoms with Crippen molar-refractivity contribution >= 4 is 17.8 Å². The maximum atomic E-state index is 12.8. The van der Waals surface area contributed by atoms with Gasteiger partial charge in [-0.05, 0) is 41.8 Å². The van der Waals surface area contributed by atoms with E-state index in [9.17, 15) is 9.59 Å². The molecule has 5 nitrogen and oxygen atoms in total. The first kappa shape index (κ1) is 21.1. The highest BCUT2D eigenvalue weighted by atomic mass is 16.6. The van der Waals surface area contributed by atoms with E-state index in [2.05, 4.69) is 18.7 Å². The standard InChI is InChI=1S/C27H22O5/c1-3-15-30-25(28)17-31-23-14-13-22-26(29)24(32-27(22)18(23)2)16-19-9-11-21(12-10-19)20-7-5-4-6-8-20/h3-14,16H,1,15,17H2,2H3/b24-16-. The predicted octanol–water partition coefficient (Wildman–Crippen LogP) is 5.39. The topological polar surface area (TPSA) is 61.8 Å². The SMILES string of the molecule is C=CCOC(=O)COc1ccc2c(c1C)O/C(=C\c1ccc(-c3ccccc3)cc1)C2=O. The zero-order valence-electron chi connectivity index (χ0n) is 17.7. The second-order valence-electron chi connectivity index (χ2n) is 7.25. The molecule has 1 aliphatic rings. The Hall–Kier alpha value is -4.12. The largest absolute Gasteiger partial charge is 0.481 e. The quantitative estimate of drug-likeness (QED) is 0.288. The number of benzene rings is 3. The minimum atomic E-state index is -0.499. The fourth-order valence-electron chi connectivity index (χ4n) is 3.41. The molecule has 1 aliphatic heterocycles. The van der Waals surface area contributed by atoms with E-state index in [1.165, 1.54) is 6.08 Å². The molecule has 160 valence electrons. The summed E-state index contributed by atoms with van der Waals surface area (Å²) in [5.74, 6) is 0.464. The summed E-state index contributed by atoms with van der Waals surface area (Å²) in [4.78, 5) is 24.5. The van der Waals surface area contributed by atoms with Gasteiger partial charge < -0.3 is 14.2 Å². The van der Waals surface area contributed by atoms with Gasteiger partial charge in [-0.3, -0.25) is 4.79 Å². The molecule has 0 N–H and O–H groups in total. The van der Waals surface area contributed by atoms with Gasteiger partial charge in [-0.15, -0.1) is 0 Å². The molecule has 0 aromatic heterocycles. The van der Waals surface area contributed by atoms with Crippen LogP contribution in [-0.4, -0.2) is 25.0 Å². The van der Waals surface area contributed by atoms with Crippen LogP contribution >= 0.6 is 0 Å². The fraction of sp³-hybridized carbons (Fsp3) is 0.111. The van der Waals surface area contributed by atoms with Crippen molar-refractivity contribution < 1.29 is 23.8 Å². The number of hydrogen-bond donors (Lipinski definition) is 0. The zero-order chi connectivity index (χ0) is 22.5. The van der Waals surface area contributed by atoms with Crippen molar-refractivity contribution in [3.05, 3.63) is 102 Å². The minimum absolute atomic E-state index is 0.128. The summed E-state index contributed by atoms with van der Waals surface area (Å²) in [6.07, 6.45) is 3.21. The molecule has 0 atom stereocenters. The number of hydrogen-bond acceptors (Lipinski definition) is 5. The van der Waals surface area contributed by atoms with Gasteiger partial charge in [-0.1, -0.05) is 67.3 Å². The maximum Gasteiger partial charge on any atom is 0.344 e. The van der Waals surface area contributed by atoms with E-state index in [0.29, 0.717) is 22.6 Å². The van der Waals surface area contributed by atoms with Gasteiger partial charge in [0.1, 0.15) is 18.1 Å². The monoisotopic (exact) mass is 426 g/mol. The van der Waals surface area contributed by atoms with Crippen LogP contribution in [0, 0.1) is 6.92 Å². The van der Waals surface area contributed by atoms with Gasteiger partial charge in [0.15, 0.2) is 12.4 Å². The Balaban J connectivity index is 1.50. The average molecular weight is 426 g/mol. The second kappa shape index (κ2) is 9.35. The number of ether oxygens (including phenoxy) is 3. The van der Waals surface area contributed by atoms with Gasteiger partial charge in [-0.25, -0.2) is 4.79 Å². The van der Waals surface area contributed by atoms with Crippen LogP contribution in [0.3, 0.4) is 0 Å². The molecule has 0 saturated heterocycles. The molecule has 0 aliphatic carbocycles. The lowest BCUT2D eigenvalue weighted by molar-refractivity contribution is -0.144. The van der Waals surface area contributed by atoms with Gasteiger partial charge in [0, 0.05) is 5.56 Å². The number of esters is 1. The van der Waals surface area contributed by atoms with Crippen molar-refractivity contribution in [2.75, 3.05) is 13.2 Å². The molecule has 4 rings (SSSR count). The van der Waals surface area contributed by atoms with Gasteiger partial charge >= 0.3 is 5.97 Å². The van der Waals surface area contributed by atoms with E-state index in [4.69, 9.17) is 14.2 Å². The Morgan fingerprint density at radius 2 is 1.72 bits per heavy atom. The molecule has 5 heteroatoms. The third-order valence-corrected chi connectivity index (χ3v) is 5.06. The number of allylic oxidation sites excluding steroid dienone is 1. The molecule has 0 unspecified atom stereocenters. The summed E-state index contributed by atoms with van der Waals surface area (Å²) < 4.78 is 16.3. The third-order valence-electron chi connectivity index (χ3n) is 5.06. The number of fused-ring (bicyclic) bond motifs is 1. The van der Waals surface area contributed by atoms with Crippen LogP contribution in [0.4, 0.5) is 0 Å². The van der Waals surface area contributed by atoms with Crippen molar-refractivity contribution in [2.24, 2.45) is 0 Å². The van der Waals surface area contributed by atoms with E-state index in [1.807, 2.05) is 42.5 Å². The van der Waals surface area contributed by atoms with Crippen LogP contribution in [0.2, 0.25) is 0 Å². The first-order valence-electron chi connectivity index (χ1n) is 10.2. The lowest BCUT2D eigenvalue weighted by atomic mass is 10.0. The van der Waals surface area contributed by atoms with E-state index >= 15 is 0 Å². The summed E-state index contributed by atoms with van der Waals surface area (Å²) in [5, 5.41) is 0. The summed E-state index contributed by atoms with van der Waals surface area (Å²) in [7, 11) is 0. The molecule has 0 saturated carbocycles. The first-order chi connectivity index (χ1) is 15.6. The normalized spacial score (nSPS) is 13.4. The number of carbonyl (C=O) groups excluding carboxylic acids is 2. The van der Waals surface area contributed by atoms with E-state index in [1.54, 1.807) is 25.1 Å². The molecular formula is C27H22O5. The Morgan fingerprint density at radius 3 is 2.44 bits per heavy atom. The fourth-order valence-corrected chi connectivity index (χ4v) is 3.41. The molecule has 0 spiro atoms. The van der Waals surface area contributed by atoms with Crippen LogP contribution < -0.4 is 9.47 Å². The molecular weight excluding hydrogens is 404 g/mol. The first-order valence-corrected chi connectivity index (χ1v) is 10.2. The molecule has 0 amide bonds. The molecule has 0 fully saturated rings. The lowest BCUT2D eigenvalue weighted by Gasteiger charge is -2.11. The molecule has 1 heterocycles. The van der Waals surface area contributed by atoms with E-state index < -0.39 is 5.97 Å². The molecule has 0 bridgehead atoms. The maximum absolute atomic E-state index is 12.8. The zero-order valence-corrected chi connectivity index (χ0v) is 17.7. The minimum Gasteiger partial charge on any atom is -0.481 e. The second-order valence-corrected chi connectivity index (χ2v) is 7.25. The van der Waals surface area contributed by atoms with Crippen LogP contribution in [-0.2, 0) is 9.53 Å². The summed E-state index contributed by atoms with van der Waals surface area (Å²) in [6, 6.07) is 21.3. The van der Waals surface area contributed by atoms with Crippen LogP contribution in [0.5, 0.6) is 11.5 Å². The van der Waals surface area contributed by atoms with Gasteiger partial charge in [0.25, 0.3) is 0 Å². The summed E-state index contributed by atoms with van der Waals surface area (Å²) in [5.41, 5.74) is 4.20. The highest BCUT2D eigenvalue weighted by Crippen LogP contribution is 2.39. The smallest absolute Gasteiger partial charge is 0.344 e. The van der Waals surface area contributed by atoms with Gasteiger partial charge in [0.05, 0.1) is 5.56 Å². The average Bonchev–Trinajstić information content (AvgIpc) is 3.14. The molecule has 3 aromatic rings. The van der Waals surface area contributed by atoms with E-state index in [-0.39, 0.29) is 24.8 Å². The van der Waals surface area contributed by atoms with Gasteiger partial charge in [0.2, 0.25) is 5.78 Å². The van der Waals surface area contributed by atoms with Crippen LogP contribution in [0.1, 0.15) is 21.5 Å². The van der Waals surface area contributed by atoms with Gasteiger partial charge in [-0.2, -0.15) is 0 Å². The molecule has 0 radical (unpaired) electrons. The lowest BCUT2D eigenvalue weighted by Crippen LogP contribution is -2.15. The number of carbonyl (C=O) groups is 2. The van der Waals surface area contributed by atoms with Crippen LogP contribution in [0.15, 0.2) is 85.1 Å². The number of ketones is 1. The molecule has 32 heavy (non-hydrogen) atoms. The Kier molecular flexibility index (Phi) is 6.17. The Morgan fingerprint density at radius 1 is 1.00 bits per heavy atom. The number of rotatable bonds is 7. The third kappa shape index (κ3) is 4.47. The highest BCUT2D eigenvalue weighted by molar-refractivity contribution is 6.15. The van der Waals surface area contributed by atoms with Crippen molar-refractivity contribution in [1.82, 2.24) is 0 Å². The van der Waals surface area contributed by atoms with Crippen molar-refractivity contribution in [2.45, 2.75) is 6.92 Å². The van der Waals surface area contributed by atoms with Crippen molar-refractivity contribution in [3.63, 3.8) is 0 Å². The van der Waals surface area contributed by atoms with Crippen molar-refractivity contribution in [3.8, 4) is 22.6 Å². The molecule has 3 aromatic carbocycles. The van der Waals surface area contributed by atoms with Crippen molar-refractivity contribution in [1.29, 1.82) is 0 Å². The Bertz CT molecular complexity index is 1190. The summed E-state index contributed by atoms with van der Waals surface area (Å²) >= 11 is 0. The predicted molar refractivity (Wildman–Crippen MR) is 123 cm³/mol. The van der Waals surface area contributed by atoms with E-state index in [0.717, 1.165) is 16.7 Å². The van der Waals surface area contributed by atoms with Crippen LogP contribution in [0.25, 0.3) is 17.2 Å². The Labute approximate surface area is 186 Å². The number of Topliss-reactive ketones (excluding diaryl/α,β-unsaturated/α-hetero) is 1. The highest BCUT2D eigenvalue weighted by Gasteiger charge is 2.30.